The molecule has 0 saturated carbocycles. The summed E-state index contributed by atoms with van der Waals surface area (Å²) in [5, 5.41) is 12.2. The average Bonchev–Trinajstić information content (AvgIpc) is 3.00. The van der Waals surface area contributed by atoms with Crippen LogP contribution in [-0.2, 0) is 12.0 Å². The summed E-state index contributed by atoms with van der Waals surface area (Å²) in [5.41, 5.74) is 2.44. The van der Waals surface area contributed by atoms with Crippen molar-refractivity contribution < 1.29 is 4.79 Å². The van der Waals surface area contributed by atoms with E-state index in [0.29, 0.717) is 11.1 Å². The van der Waals surface area contributed by atoms with Crippen molar-refractivity contribution in [3.05, 3.63) is 51.5 Å². The maximum absolute atomic E-state index is 12.7. The first-order valence-electron chi connectivity index (χ1n) is 9.33. The lowest BCUT2D eigenvalue weighted by atomic mass is 9.98. The van der Waals surface area contributed by atoms with Gasteiger partial charge in [0.15, 0.2) is 0 Å². The second-order valence-electron chi connectivity index (χ2n) is 8.01. The fourth-order valence-electron chi connectivity index (χ4n) is 3.16. The molecule has 6 heteroatoms. The van der Waals surface area contributed by atoms with Gasteiger partial charge in [0.05, 0.1) is 22.3 Å². The number of aromatic nitrogens is 1. The third-order valence-electron chi connectivity index (χ3n) is 4.72. The standard InChI is InChI=1S/C21H26N4OS/c1-21(2,3)20-23-18(15-27-20)14-24-9-4-10-25(12-11-24)19(26)17-7-5-16(13-22)6-8-17/h5-8,15H,4,9-12,14H2,1-3H3. The molecule has 2 heterocycles. The quantitative estimate of drug-likeness (QED) is 0.813. The molecule has 3 rings (SSSR count). The van der Waals surface area contributed by atoms with Crippen molar-refractivity contribution in [2.24, 2.45) is 0 Å². The zero-order valence-electron chi connectivity index (χ0n) is 16.2. The van der Waals surface area contributed by atoms with Gasteiger partial charge in [0.1, 0.15) is 0 Å². The molecule has 1 aliphatic heterocycles. The molecule has 1 saturated heterocycles. The Morgan fingerprint density at radius 3 is 2.56 bits per heavy atom. The van der Waals surface area contributed by atoms with E-state index in [1.54, 1.807) is 35.6 Å². The fourth-order valence-corrected chi connectivity index (χ4v) is 4.05. The van der Waals surface area contributed by atoms with E-state index in [-0.39, 0.29) is 11.3 Å². The van der Waals surface area contributed by atoms with Crippen molar-refractivity contribution in [2.45, 2.75) is 39.2 Å². The lowest BCUT2D eigenvalue weighted by molar-refractivity contribution is 0.0761. The Hall–Kier alpha value is -2.23. The van der Waals surface area contributed by atoms with Crippen LogP contribution in [0.1, 0.15) is 53.8 Å². The third kappa shape index (κ3) is 4.94. The molecule has 1 amide bonds. The Labute approximate surface area is 165 Å². The first kappa shape index (κ1) is 19.5. The van der Waals surface area contributed by atoms with Crippen molar-refractivity contribution in [3.8, 4) is 6.07 Å². The van der Waals surface area contributed by atoms with E-state index in [9.17, 15) is 4.79 Å². The third-order valence-corrected chi connectivity index (χ3v) is 6.03. The molecule has 0 spiro atoms. The minimum Gasteiger partial charge on any atom is -0.337 e. The van der Waals surface area contributed by atoms with Crippen LogP contribution < -0.4 is 0 Å². The molecule has 27 heavy (non-hydrogen) atoms. The zero-order valence-corrected chi connectivity index (χ0v) is 17.1. The van der Waals surface area contributed by atoms with E-state index in [2.05, 4.69) is 37.1 Å². The molecule has 1 aliphatic rings. The second-order valence-corrected chi connectivity index (χ2v) is 8.86. The molecular weight excluding hydrogens is 356 g/mol. The lowest BCUT2D eigenvalue weighted by Gasteiger charge is -2.21. The highest BCUT2D eigenvalue weighted by Crippen LogP contribution is 2.26. The van der Waals surface area contributed by atoms with Crippen molar-refractivity contribution >= 4 is 17.2 Å². The van der Waals surface area contributed by atoms with Crippen LogP contribution in [0, 0.1) is 11.3 Å². The largest absolute Gasteiger partial charge is 0.337 e. The van der Waals surface area contributed by atoms with Crippen LogP contribution in [0.25, 0.3) is 0 Å². The maximum Gasteiger partial charge on any atom is 0.253 e. The Morgan fingerprint density at radius 2 is 1.93 bits per heavy atom. The van der Waals surface area contributed by atoms with Gasteiger partial charge in [-0.05, 0) is 30.7 Å². The van der Waals surface area contributed by atoms with Crippen LogP contribution in [0.15, 0.2) is 29.6 Å². The van der Waals surface area contributed by atoms with Crippen LogP contribution in [-0.4, -0.2) is 46.9 Å². The van der Waals surface area contributed by atoms with Gasteiger partial charge in [0.2, 0.25) is 0 Å². The highest BCUT2D eigenvalue weighted by Gasteiger charge is 2.22. The van der Waals surface area contributed by atoms with Crippen LogP contribution in [0.4, 0.5) is 0 Å². The van der Waals surface area contributed by atoms with E-state index in [0.717, 1.165) is 44.8 Å². The number of rotatable bonds is 3. The van der Waals surface area contributed by atoms with Gasteiger partial charge < -0.3 is 4.90 Å². The normalized spacial score (nSPS) is 16.0. The van der Waals surface area contributed by atoms with E-state index in [1.807, 2.05) is 4.90 Å². The van der Waals surface area contributed by atoms with Gasteiger partial charge in [0.25, 0.3) is 5.91 Å². The van der Waals surface area contributed by atoms with Crippen LogP contribution in [0.2, 0.25) is 0 Å². The van der Waals surface area contributed by atoms with Crippen molar-refractivity contribution in [3.63, 3.8) is 0 Å². The Morgan fingerprint density at radius 1 is 1.19 bits per heavy atom. The number of carbonyl (C=O) groups excluding carboxylic acids is 1. The molecular formula is C21H26N4OS. The van der Waals surface area contributed by atoms with Gasteiger partial charge in [-0.25, -0.2) is 4.98 Å². The second kappa shape index (κ2) is 8.20. The number of hydrogen-bond donors (Lipinski definition) is 0. The number of carbonyl (C=O) groups is 1. The van der Waals surface area contributed by atoms with Gasteiger partial charge in [-0.2, -0.15) is 5.26 Å². The van der Waals surface area contributed by atoms with Crippen LogP contribution in [0.3, 0.4) is 0 Å². The topological polar surface area (TPSA) is 60.2 Å². The van der Waals surface area contributed by atoms with Gasteiger partial charge in [-0.15, -0.1) is 11.3 Å². The summed E-state index contributed by atoms with van der Waals surface area (Å²) in [4.78, 5) is 21.8. The number of benzene rings is 1. The number of nitrogens with zero attached hydrogens (tertiary/aromatic N) is 4. The van der Waals surface area contributed by atoms with E-state index < -0.39 is 0 Å². The molecule has 1 aromatic heterocycles. The van der Waals surface area contributed by atoms with Crippen molar-refractivity contribution in [2.75, 3.05) is 26.2 Å². The van der Waals surface area contributed by atoms with Gasteiger partial charge in [-0.3, -0.25) is 9.69 Å². The molecule has 2 aromatic rings. The fraction of sp³-hybridized carbons (Fsp3) is 0.476. The zero-order chi connectivity index (χ0) is 19.4. The molecule has 1 aromatic carbocycles. The number of nitriles is 1. The van der Waals surface area contributed by atoms with E-state index >= 15 is 0 Å². The minimum atomic E-state index is 0.0463. The number of amides is 1. The number of thiazole rings is 1. The molecule has 0 atom stereocenters. The van der Waals surface area contributed by atoms with Gasteiger partial charge in [-0.1, -0.05) is 20.8 Å². The number of hydrogen-bond acceptors (Lipinski definition) is 5. The van der Waals surface area contributed by atoms with Crippen molar-refractivity contribution in [1.29, 1.82) is 5.26 Å². The summed E-state index contributed by atoms with van der Waals surface area (Å²) >= 11 is 1.73. The summed E-state index contributed by atoms with van der Waals surface area (Å²) < 4.78 is 0. The summed E-state index contributed by atoms with van der Waals surface area (Å²) in [7, 11) is 0. The summed E-state index contributed by atoms with van der Waals surface area (Å²) in [6.07, 6.45) is 0.957. The smallest absolute Gasteiger partial charge is 0.253 e. The first-order chi connectivity index (χ1) is 12.9. The molecule has 0 bridgehead atoms. The average molecular weight is 383 g/mol. The van der Waals surface area contributed by atoms with Gasteiger partial charge in [0, 0.05) is 49.1 Å². The molecule has 0 aliphatic carbocycles. The highest BCUT2D eigenvalue weighted by atomic mass is 32.1. The molecule has 1 fully saturated rings. The van der Waals surface area contributed by atoms with E-state index in [4.69, 9.17) is 10.2 Å². The maximum atomic E-state index is 12.7. The highest BCUT2D eigenvalue weighted by molar-refractivity contribution is 7.09. The molecule has 5 nitrogen and oxygen atoms in total. The minimum absolute atomic E-state index is 0.0463. The monoisotopic (exact) mass is 382 g/mol. The van der Waals surface area contributed by atoms with Gasteiger partial charge >= 0.3 is 0 Å². The molecule has 0 unspecified atom stereocenters. The Kier molecular flexibility index (Phi) is 5.93. The Balaban J connectivity index is 1.59. The summed E-state index contributed by atoms with van der Waals surface area (Å²) in [5.74, 6) is 0.0463. The molecule has 142 valence electrons. The van der Waals surface area contributed by atoms with Crippen LogP contribution in [0.5, 0.6) is 0 Å². The van der Waals surface area contributed by atoms with Crippen LogP contribution >= 0.6 is 11.3 Å². The summed E-state index contributed by atoms with van der Waals surface area (Å²) in [6.45, 7) is 10.7. The van der Waals surface area contributed by atoms with Crippen molar-refractivity contribution in [1.82, 2.24) is 14.8 Å². The first-order valence-corrected chi connectivity index (χ1v) is 10.2. The lowest BCUT2D eigenvalue weighted by Crippen LogP contribution is -2.35. The summed E-state index contributed by atoms with van der Waals surface area (Å²) in [6, 6.07) is 8.97. The molecule has 0 N–H and O–H groups in total. The predicted molar refractivity (Wildman–Crippen MR) is 108 cm³/mol. The van der Waals surface area contributed by atoms with E-state index in [1.165, 1.54) is 5.01 Å². The SMILES string of the molecule is CC(C)(C)c1nc(CN2CCCN(C(=O)c3ccc(C#N)cc3)CC2)cs1. The molecule has 0 radical (unpaired) electrons. The predicted octanol–water partition coefficient (Wildman–Crippen LogP) is 3.66. The Bertz CT molecular complexity index is 829.